The van der Waals surface area contributed by atoms with E-state index in [1.807, 2.05) is 0 Å². The summed E-state index contributed by atoms with van der Waals surface area (Å²) in [4.78, 5) is 13.7. The fourth-order valence-electron chi connectivity index (χ4n) is 3.63. The first-order valence-corrected chi connectivity index (χ1v) is 11.7. The van der Waals surface area contributed by atoms with Gasteiger partial charge in [0.1, 0.15) is 16.4 Å². The minimum absolute atomic E-state index is 0.00501. The number of anilines is 1. The van der Waals surface area contributed by atoms with E-state index in [-0.39, 0.29) is 26.9 Å². The van der Waals surface area contributed by atoms with Crippen LogP contribution in [-0.4, -0.2) is 33.7 Å². The monoisotopic (exact) mass is 479 g/mol. The minimum Gasteiger partial charge on any atom is -0.497 e. The third kappa shape index (κ3) is 3.11. The van der Waals surface area contributed by atoms with Crippen LogP contribution in [0.3, 0.4) is 0 Å². The van der Waals surface area contributed by atoms with E-state index in [9.17, 15) is 18.3 Å². The Balaban J connectivity index is 1.97. The van der Waals surface area contributed by atoms with Crippen LogP contribution < -0.4 is 13.8 Å². The molecule has 2 heterocycles. The topological polar surface area (TPSA) is 93.1 Å². The molecule has 0 fully saturated rings. The van der Waals surface area contributed by atoms with E-state index in [4.69, 9.17) is 21.1 Å². The zero-order valence-electron chi connectivity index (χ0n) is 16.7. The number of thiophene rings is 1. The van der Waals surface area contributed by atoms with Gasteiger partial charge in [-0.1, -0.05) is 11.6 Å². The number of amides is 1. The van der Waals surface area contributed by atoms with E-state index >= 15 is 0 Å². The van der Waals surface area contributed by atoms with Gasteiger partial charge in [-0.05, 0) is 54.3 Å². The number of methoxy groups -OCH3 is 2. The first kappa shape index (κ1) is 21.6. The van der Waals surface area contributed by atoms with Gasteiger partial charge >= 0.3 is 0 Å². The molecule has 0 saturated carbocycles. The number of hydrogen-bond acceptors (Lipinski definition) is 7. The number of fused-ring (bicyclic) bond motifs is 1. The van der Waals surface area contributed by atoms with Crippen molar-refractivity contribution in [1.82, 2.24) is 0 Å². The Labute approximate surface area is 188 Å². The van der Waals surface area contributed by atoms with Crippen molar-refractivity contribution >= 4 is 44.6 Å². The minimum atomic E-state index is -4.45. The maximum atomic E-state index is 13.7. The largest absolute Gasteiger partial charge is 0.497 e. The summed E-state index contributed by atoms with van der Waals surface area (Å²) in [5.74, 6) is -0.611. The van der Waals surface area contributed by atoms with Gasteiger partial charge in [0.15, 0.2) is 0 Å². The van der Waals surface area contributed by atoms with Crippen LogP contribution in [-0.2, 0) is 20.4 Å². The molecule has 7 nitrogen and oxygen atoms in total. The van der Waals surface area contributed by atoms with Crippen molar-refractivity contribution in [3.63, 3.8) is 0 Å². The third-order valence-electron chi connectivity index (χ3n) is 5.14. The number of sulfonamides is 1. The highest BCUT2D eigenvalue weighted by atomic mass is 35.5. The van der Waals surface area contributed by atoms with E-state index in [1.165, 1.54) is 50.6 Å². The summed E-state index contributed by atoms with van der Waals surface area (Å²) in [5, 5.41) is 13.6. The molecule has 2 aromatic carbocycles. The van der Waals surface area contributed by atoms with Gasteiger partial charge in [-0.25, -0.2) is 8.42 Å². The van der Waals surface area contributed by atoms with Crippen molar-refractivity contribution < 1.29 is 27.8 Å². The van der Waals surface area contributed by atoms with Gasteiger partial charge < -0.3 is 14.6 Å². The van der Waals surface area contributed by atoms with Crippen LogP contribution in [0.25, 0.3) is 0 Å². The normalized spacial score (nSPS) is 18.2. The van der Waals surface area contributed by atoms with E-state index < -0.39 is 21.5 Å². The van der Waals surface area contributed by atoms with Gasteiger partial charge in [0.05, 0.1) is 24.8 Å². The second kappa shape index (κ2) is 7.52. The number of benzene rings is 2. The van der Waals surface area contributed by atoms with Crippen LogP contribution in [0.15, 0.2) is 52.7 Å². The van der Waals surface area contributed by atoms with Crippen molar-refractivity contribution in [2.75, 3.05) is 18.5 Å². The molecule has 0 bridgehead atoms. The Hall–Kier alpha value is -2.59. The van der Waals surface area contributed by atoms with E-state index in [2.05, 4.69) is 0 Å². The second-order valence-corrected chi connectivity index (χ2v) is 10.0. The summed E-state index contributed by atoms with van der Waals surface area (Å²) in [5.41, 5.74) is -1.40. The standard InChI is InChI=1S/C21H18ClNO6S2/c1-12-8-9-30-19(12)21(25)15-10-13(22)4-6-16(15)23(20(21)24)31(26,27)18-7-5-14(28-2)11-17(18)29-3/h4-11,25H,1-3H3. The summed E-state index contributed by atoms with van der Waals surface area (Å²) in [6, 6.07) is 10.2. The molecule has 1 atom stereocenters. The van der Waals surface area contributed by atoms with Crippen molar-refractivity contribution in [2.45, 2.75) is 17.4 Å². The molecule has 4 rings (SSSR count). The maximum Gasteiger partial charge on any atom is 0.283 e. The van der Waals surface area contributed by atoms with Gasteiger partial charge in [0.25, 0.3) is 15.9 Å². The summed E-state index contributed by atoms with van der Waals surface area (Å²) >= 11 is 7.30. The predicted octanol–water partition coefficient (Wildman–Crippen LogP) is 3.70. The third-order valence-corrected chi connectivity index (χ3v) is 8.24. The maximum absolute atomic E-state index is 13.7. The number of aryl methyl sites for hydroxylation is 1. The molecule has 31 heavy (non-hydrogen) atoms. The highest BCUT2D eigenvalue weighted by Gasteiger charge is 2.56. The van der Waals surface area contributed by atoms with Gasteiger partial charge in [0, 0.05) is 16.7 Å². The number of carbonyl (C=O) groups excluding carboxylic acids is 1. The van der Waals surface area contributed by atoms with Crippen molar-refractivity contribution in [3.8, 4) is 11.5 Å². The first-order valence-electron chi connectivity index (χ1n) is 9.05. The fourth-order valence-corrected chi connectivity index (χ4v) is 6.44. The molecule has 3 aromatic rings. The summed E-state index contributed by atoms with van der Waals surface area (Å²) in [7, 11) is -1.69. The summed E-state index contributed by atoms with van der Waals surface area (Å²) in [6.45, 7) is 1.74. The molecule has 1 aromatic heterocycles. The predicted molar refractivity (Wildman–Crippen MR) is 118 cm³/mol. The molecule has 1 aliphatic rings. The van der Waals surface area contributed by atoms with Crippen LogP contribution in [0.4, 0.5) is 5.69 Å². The Morgan fingerprint density at radius 3 is 2.45 bits per heavy atom. The molecular formula is C21H18ClNO6S2. The van der Waals surface area contributed by atoms with Gasteiger partial charge in [-0.2, -0.15) is 4.31 Å². The first-order chi connectivity index (χ1) is 14.7. The number of ether oxygens (including phenoxy) is 2. The molecule has 0 radical (unpaired) electrons. The molecule has 1 amide bonds. The highest BCUT2D eigenvalue weighted by molar-refractivity contribution is 7.93. The average Bonchev–Trinajstić information content (AvgIpc) is 3.28. The van der Waals surface area contributed by atoms with Crippen LogP contribution in [0.5, 0.6) is 11.5 Å². The lowest BCUT2D eigenvalue weighted by Gasteiger charge is -2.23. The zero-order valence-corrected chi connectivity index (χ0v) is 19.1. The highest BCUT2D eigenvalue weighted by Crippen LogP contribution is 2.50. The number of aliphatic hydroxyl groups is 1. The number of nitrogens with zero attached hydrogens (tertiary/aromatic N) is 1. The van der Waals surface area contributed by atoms with E-state index in [0.717, 1.165) is 11.3 Å². The number of hydrogen-bond donors (Lipinski definition) is 1. The summed E-state index contributed by atoms with van der Waals surface area (Å²) in [6.07, 6.45) is 0. The van der Waals surface area contributed by atoms with Crippen LogP contribution in [0, 0.1) is 6.92 Å². The Morgan fingerprint density at radius 2 is 1.84 bits per heavy atom. The van der Waals surface area contributed by atoms with Crippen LogP contribution >= 0.6 is 22.9 Å². The van der Waals surface area contributed by atoms with E-state index in [0.29, 0.717) is 20.5 Å². The second-order valence-electron chi connectivity index (χ2n) is 6.90. The quantitative estimate of drug-likeness (QED) is 0.599. The number of rotatable bonds is 5. The molecule has 0 spiro atoms. The smallest absolute Gasteiger partial charge is 0.283 e. The molecule has 1 unspecified atom stereocenters. The van der Waals surface area contributed by atoms with Crippen LogP contribution in [0.2, 0.25) is 5.02 Å². The van der Waals surface area contributed by atoms with Crippen molar-refractivity contribution in [3.05, 3.63) is 68.9 Å². The average molecular weight is 480 g/mol. The molecule has 1 aliphatic heterocycles. The van der Waals surface area contributed by atoms with E-state index in [1.54, 1.807) is 18.4 Å². The Bertz CT molecular complexity index is 1300. The molecule has 0 saturated heterocycles. The lowest BCUT2D eigenvalue weighted by atomic mass is 9.92. The lowest BCUT2D eigenvalue weighted by molar-refractivity contribution is -0.130. The molecule has 1 N–H and O–H groups in total. The molecule has 0 aliphatic carbocycles. The Morgan fingerprint density at radius 1 is 1.10 bits per heavy atom. The zero-order chi connectivity index (χ0) is 22.6. The van der Waals surface area contributed by atoms with Crippen molar-refractivity contribution in [2.24, 2.45) is 0 Å². The molecule has 162 valence electrons. The summed E-state index contributed by atoms with van der Waals surface area (Å²) < 4.78 is 38.3. The van der Waals surface area contributed by atoms with Gasteiger partial charge in [-0.3, -0.25) is 4.79 Å². The molecule has 10 heteroatoms. The lowest BCUT2D eigenvalue weighted by Crippen LogP contribution is -2.43. The van der Waals surface area contributed by atoms with Crippen LogP contribution in [0.1, 0.15) is 16.0 Å². The molecular weight excluding hydrogens is 462 g/mol. The Kier molecular flexibility index (Phi) is 5.25. The van der Waals surface area contributed by atoms with Gasteiger partial charge in [0.2, 0.25) is 5.60 Å². The fraction of sp³-hybridized carbons (Fsp3) is 0.190. The number of halogens is 1. The SMILES string of the molecule is COc1ccc(S(=O)(=O)N2C(=O)C(O)(c3sccc3C)c3cc(Cl)ccc32)c(OC)c1. The number of carbonyl (C=O) groups is 1. The van der Waals surface area contributed by atoms with Gasteiger partial charge in [-0.15, -0.1) is 11.3 Å². The van der Waals surface area contributed by atoms with Crippen molar-refractivity contribution in [1.29, 1.82) is 0 Å².